The average Bonchev–Trinajstić information content (AvgIpc) is 2.86. The highest BCUT2D eigenvalue weighted by Gasteiger charge is 2.30. The van der Waals surface area contributed by atoms with Crippen molar-refractivity contribution >= 4 is 58.1 Å². The van der Waals surface area contributed by atoms with Gasteiger partial charge in [-0.05, 0) is 47.0 Å². The predicted octanol–water partition coefficient (Wildman–Crippen LogP) is 6.48. The van der Waals surface area contributed by atoms with E-state index in [-0.39, 0.29) is 18.9 Å². The van der Waals surface area contributed by atoms with E-state index in [1.165, 1.54) is 12.2 Å². The number of rotatable bonds is 6. The number of hydrogen-bond acceptors (Lipinski definition) is 5. The van der Waals surface area contributed by atoms with Crippen molar-refractivity contribution < 1.29 is 14.3 Å². The molecule has 6 nitrogen and oxygen atoms in total. The molecule has 4 rings (SSSR count). The zero-order chi connectivity index (χ0) is 25.5. The number of amides is 1. The molecule has 1 atom stereocenters. The molecule has 0 fully saturated rings. The van der Waals surface area contributed by atoms with E-state index in [4.69, 9.17) is 33.2 Å². The Hall–Kier alpha value is -4.05. The molecule has 0 radical (unpaired) electrons. The number of allylic oxidation sites excluding steroid dienone is 1. The molecule has 3 aromatic rings. The van der Waals surface area contributed by atoms with Crippen LogP contribution in [-0.2, 0) is 20.9 Å². The second kappa shape index (κ2) is 11.6. The normalized spacial score (nSPS) is 15.6. The summed E-state index contributed by atoms with van der Waals surface area (Å²) in [5.74, 6) is -0.825. The third-order valence-corrected chi connectivity index (χ3v) is 5.99. The monoisotopic (exact) mass is 517 g/mol. The minimum Gasteiger partial charge on any atom is -0.459 e. The molecule has 0 saturated heterocycles. The highest BCUT2D eigenvalue weighted by Crippen LogP contribution is 2.40. The molecule has 180 valence electrons. The summed E-state index contributed by atoms with van der Waals surface area (Å²) in [6.07, 6.45) is 4.68. The van der Waals surface area contributed by atoms with Gasteiger partial charge in [-0.2, -0.15) is 5.26 Å². The Bertz CT molecular complexity index is 1380. The van der Waals surface area contributed by atoms with Crippen LogP contribution >= 0.6 is 23.2 Å². The first kappa shape index (κ1) is 25.1. The van der Waals surface area contributed by atoms with Gasteiger partial charge in [0.2, 0.25) is 5.91 Å². The molecule has 2 N–H and O–H groups in total. The topological polar surface area (TPSA) is 91.2 Å². The molecule has 8 heteroatoms. The molecule has 0 aromatic heterocycles. The third kappa shape index (κ3) is 6.33. The minimum atomic E-state index is -0.721. The van der Waals surface area contributed by atoms with Crippen molar-refractivity contribution in [2.24, 2.45) is 0 Å². The van der Waals surface area contributed by atoms with Gasteiger partial charge in [0, 0.05) is 40.5 Å². The lowest BCUT2D eigenvalue weighted by Gasteiger charge is -2.28. The van der Waals surface area contributed by atoms with Crippen molar-refractivity contribution in [1.82, 2.24) is 0 Å². The van der Waals surface area contributed by atoms with E-state index in [1.54, 1.807) is 42.5 Å². The van der Waals surface area contributed by atoms with Crippen LogP contribution in [0.25, 0.3) is 11.6 Å². The lowest BCUT2D eigenvalue weighted by molar-refractivity contribution is -0.145. The number of hydrogen-bond donors (Lipinski definition) is 2. The molecule has 1 amide bonds. The van der Waals surface area contributed by atoms with Gasteiger partial charge in [0.25, 0.3) is 0 Å². The first-order chi connectivity index (χ1) is 17.4. The molecular formula is C28H21Cl2N3O3. The van der Waals surface area contributed by atoms with Gasteiger partial charge < -0.3 is 15.4 Å². The molecule has 0 spiro atoms. The molecule has 0 bridgehead atoms. The van der Waals surface area contributed by atoms with Crippen molar-refractivity contribution in [3.8, 4) is 6.07 Å². The van der Waals surface area contributed by atoms with Crippen LogP contribution in [0.1, 0.15) is 23.1 Å². The van der Waals surface area contributed by atoms with Crippen LogP contribution in [0.5, 0.6) is 0 Å². The van der Waals surface area contributed by atoms with Crippen molar-refractivity contribution in [3.63, 3.8) is 0 Å². The standard InChI is InChI=1S/C28H21Cl2N3O3/c29-21-15-23(30)27-20(14-26(34)32-22-10-8-18(9-11-22)7-4-12-31)13-25(33-24(27)16-21)28(35)36-17-19-5-2-1-3-6-19/h1-11,14-16,25,33H,13,17H2,(H,32,34)/b7-4?,20-14+. The fourth-order valence-corrected chi connectivity index (χ4v) is 4.44. The summed E-state index contributed by atoms with van der Waals surface area (Å²) < 4.78 is 5.51. The summed E-state index contributed by atoms with van der Waals surface area (Å²) >= 11 is 12.7. The number of nitrogens with zero attached hydrogens (tertiary/aromatic N) is 1. The van der Waals surface area contributed by atoms with Gasteiger partial charge in [0.05, 0.1) is 11.1 Å². The van der Waals surface area contributed by atoms with E-state index < -0.39 is 12.0 Å². The van der Waals surface area contributed by atoms with Crippen LogP contribution in [0.15, 0.2) is 78.9 Å². The number of esters is 1. The van der Waals surface area contributed by atoms with E-state index in [0.29, 0.717) is 32.6 Å². The number of carbonyl (C=O) groups excluding carboxylic acids is 2. The van der Waals surface area contributed by atoms with Gasteiger partial charge in [-0.1, -0.05) is 65.7 Å². The molecule has 1 unspecified atom stereocenters. The fourth-order valence-electron chi connectivity index (χ4n) is 3.82. The second-order valence-electron chi connectivity index (χ2n) is 8.05. The van der Waals surface area contributed by atoms with E-state index in [0.717, 1.165) is 11.1 Å². The van der Waals surface area contributed by atoms with Crippen molar-refractivity contribution in [3.05, 3.63) is 106 Å². The van der Waals surface area contributed by atoms with E-state index in [9.17, 15) is 9.59 Å². The SMILES string of the molecule is N#CC=Cc1ccc(NC(=O)/C=C2\CC(C(=O)OCc3ccccc3)Nc3cc(Cl)cc(Cl)c32)cc1. The summed E-state index contributed by atoms with van der Waals surface area (Å²) in [6.45, 7) is 0.139. The molecule has 1 aliphatic rings. The Morgan fingerprint density at radius 1 is 1.11 bits per heavy atom. The van der Waals surface area contributed by atoms with Crippen LogP contribution in [0.3, 0.4) is 0 Å². The summed E-state index contributed by atoms with van der Waals surface area (Å²) in [6, 6.07) is 20.9. The van der Waals surface area contributed by atoms with Crippen LogP contribution in [0.2, 0.25) is 10.0 Å². The number of fused-ring (bicyclic) bond motifs is 1. The highest BCUT2D eigenvalue weighted by molar-refractivity contribution is 6.36. The van der Waals surface area contributed by atoms with Gasteiger partial charge in [0.15, 0.2) is 0 Å². The lowest BCUT2D eigenvalue weighted by atomic mass is 9.91. The maximum Gasteiger partial charge on any atom is 0.329 e. The van der Waals surface area contributed by atoms with Crippen LogP contribution in [0.4, 0.5) is 11.4 Å². The van der Waals surface area contributed by atoms with Crippen molar-refractivity contribution in [1.29, 1.82) is 5.26 Å². The fraction of sp³-hybridized carbons (Fsp3) is 0.107. The molecular weight excluding hydrogens is 497 g/mol. The Kier molecular flexibility index (Phi) is 8.06. The Morgan fingerprint density at radius 3 is 2.58 bits per heavy atom. The summed E-state index contributed by atoms with van der Waals surface area (Å²) in [4.78, 5) is 25.7. The first-order valence-corrected chi connectivity index (χ1v) is 11.8. The second-order valence-corrected chi connectivity index (χ2v) is 8.89. The summed E-state index contributed by atoms with van der Waals surface area (Å²) in [5.41, 5.74) is 4.03. The Balaban J connectivity index is 1.54. The van der Waals surface area contributed by atoms with Gasteiger partial charge in [-0.15, -0.1) is 0 Å². The molecule has 1 aliphatic heterocycles. The molecule has 0 saturated carbocycles. The van der Waals surface area contributed by atoms with Crippen molar-refractivity contribution in [2.75, 3.05) is 10.6 Å². The highest BCUT2D eigenvalue weighted by atomic mass is 35.5. The number of ether oxygens (including phenoxy) is 1. The number of carbonyl (C=O) groups is 2. The number of benzene rings is 3. The minimum absolute atomic E-state index is 0.139. The quantitative estimate of drug-likeness (QED) is 0.222. The van der Waals surface area contributed by atoms with Gasteiger partial charge in [0.1, 0.15) is 12.6 Å². The molecule has 0 aliphatic carbocycles. The van der Waals surface area contributed by atoms with Crippen molar-refractivity contribution in [2.45, 2.75) is 19.1 Å². The molecule has 36 heavy (non-hydrogen) atoms. The van der Waals surface area contributed by atoms with Crippen LogP contribution in [-0.4, -0.2) is 17.9 Å². The largest absolute Gasteiger partial charge is 0.459 e. The van der Waals surface area contributed by atoms with E-state index in [2.05, 4.69) is 10.6 Å². The summed E-state index contributed by atoms with van der Waals surface area (Å²) in [7, 11) is 0. The number of nitriles is 1. The Morgan fingerprint density at radius 2 is 1.86 bits per heavy atom. The predicted molar refractivity (Wildman–Crippen MR) is 142 cm³/mol. The van der Waals surface area contributed by atoms with Gasteiger partial charge in [-0.3, -0.25) is 4.79 Å². The van der Waals surface area contributed by atoms with Crippen LogP contribution < -0.4 is 10.6 Å². The number of anilines is 2. The zero-order valence-electron chi connectivity index (χ0n) is 19.0. The zero-order valence-corrected chi connectivity index (χ0v) is 20.5. The van der Waals surface area contributed by atoms with E-state index in [1.807, 2.05) is 36.4 Å². The van der Waals surface area contributed by atoms with E-state index >= 15 is 0 Å². The molecule has 1 heterocycles. The molecule has 3 aromatic carbocycles. The number of halogens is 2. The smallest absolute Gasteiger partial charge is 0.329 e. The maximum absolute atomic E-state index is 12.9. The van der Waals surface area contributed by atoms with Gasteiger partial charge >= 0.3 is 5.97 Å². The average molecular weight is 518 g/mol. The summed E-state index contributed by atoms with van der Waals surface area (Å²) in [5, 5.41) is 15.4. The van der Waals surface area contributed by atoms with Crippen LogP contribution in [0, 0.1) is 11.3 Å². The van der Waals surface area contributed by atoms with Gasteiger partial charge in [-0.25, -0.2) is 4.79 Å². The maximum atomic E-state index is 12.9. The Labute approximate surface area is 218 Å². The third-order valence-electron chi connectivity index (χ3n) is 5.47. The first-order valence-electron chi connectivity index (χ1n) is 11.1. The number of nitrogens with one attached hydrogen (secondary N) is 2. The lowest BCUT2D eigenvalue weighted by Crippen LogP contribution is -2.35.